The maximum atomic E-state index is 13.0. The van der Waals surface area contributed by atoms with Gasteiger partial charge in [0.15, 0.2) is 5.78 Å². The molecule has 0 amide bonds. The zero-order chi connectivity index (χ0) is 19.0. The first-order valence-corrected chi connectivity index (χ1v) is 8.60. The van der Waals surface area contributed by atoms with E-state index in [0.717, 1.165) is 10.8 Å². The molecule has 27 heavy (non-hydrogen) atoms. The van der Waals surface area contributed by atoms with Gasteiger partial charge in [-0.05, 0) is 16.8 Å². The van der Waals surface area contributed by atoms with E-state index in [1.807, 2.05) is 36.4 Å². The van der Waals surface area contributed by atoms with E-state index in [9.17, 15) is 9.59 Å². The largest absolute Gasteiger partial charge is 0.496 e. The predicted octanol–water partition coefficient (Wildman–Crippen LogP) is 3.82. The smallest absolute Gasteiger partial charge is 0.322 e. The van der Waals surface area contributed by atoms with Crippen LogP contribution < -0.4 is 14.2 Å². The number of hydrogen-bond donors (Lipinski definition) is 0. The number of hydrogen-bond acceptors (Lipinski definition) is 5. The molecule has 0 spiro atoms. The Labute approximate surface area is 156 Å². The molecular formula is C22H18O5. The number of ketones is 1. The van der Waals surface area contributed by atoms with Crippen molar-refractivity contribution in [2.24, 2.45) is 5.92 Å². The first-order chi connectivity index (χ1) is 13.1. The van der Waals surface area contributed by atoms with Crippen molar-refractivity contribution in [3.63, 3.8) is 0 Å². The molecule has 1 heterocycles. The van der Waals surface area contributed by atoms with Gasteiger partial charge in [0.1, 0.15) is 23.2 Å². The third kappa shape index (κ3) is 3.01. The van der Waals surface area contributed by atoms with Crippen LogP contribution in [0.3, 0.4) is 0 Å². The maximum absolute atomic E-state index is 13.0. The summed E-state index contributed by atoms with van der Waals surface area (Å²) in [5.41, 5.74) is 1.18. The minimum absolute atomic E-state index is 0.229. The Bertz CT molecular complexity index is 1050. The lowest BCUT2D eigenvalue weighted by molar-refractivity contribution is -0.138. The van der Waals surface area contributed by atoms with Gasteiger partial charge in [-0.3, -0.25) is 9.59 Å². The summed E-state index contributed by atoms with van der Waals surface area (Å²) in [4.78, 5) is 25.5. The summed E-state index contributed by atoms with van der Waals surface area (Å²) in [6, 6.07) is 16.6. The molecule has 0 saturated carbocycles. The average Bonchev–Trinajstić information content (AvgIpc) is 2.71. The minimum atomic E-state index is -0.902. The number of carbonyl (C=O) groups excluding carboxylic acids is 2. The highest BCUT2D eigenvalue weighted by Gasteiger charge is 2.36. The molecule has 0 bridgehead atoms. The lowest BCUT2D eigenvalue weighted by Gasteiger charge is -2.24. The van der Waals surface area contributed by atoms with Crippen LogP contribution in [0.4, 0.5) is 0 Å². The summed E-state index contributed by atoms with van der Waals surface area (Å²) in [5.74, 6) is -0.282. The van der Waals surface area contributed by atoms with Crippen LogP contribution in [0, 0.1) is 5.92 Å². The Kier molecular flexibility index (Phi) is 4.28. The number of rotatable bonds is 4. The summed E-state index contributed by atoms with van der Waals surface area (Å²) < 4.78 is 16.0. The van der Waals surface area contributed by atoms with Gasteiger partial charge in [-0.1, -0.05) is 36.4 Å². The first-order valence-electron chi connectivity index (χ1n) is 8.60. The highest BCUT2D eigenvalue weighted by atomic mass is 16.5. The molecule has 5 nitrogen and oxygen atoms in total. The Morgan fingerprint density at radius 2 is 1.78 bits per heavy atom. The molecule has 0 saturated heterocycles. The number of ether oxygens (including phenoxy) is 3. The van der Waals surface area contributed by atoms with Gasteiger partial charge in [-0.2, -0.15) is 0 Å². The second-order valence-electron chi connectivity index (χ2n) is 6.41. The normalized spacial score (nSPS) is 15.8. The Morgan fingerprint density at radius 3 is 2.52 bits per heavy atom. The molecule has 136 valence electrons. The number of carbonyl (C=O) groups is 2. The molecule has 3 aromatic rings. The van der Waals surface area contributed by atoms with Crippen LogP contribution in [0.15, 0.2) is 54.6 Å². The fourth-order valence-corrected chi connectivity index (χ4v) is 3.40. The predicted molar refractivity (Wildman–Crippen MR) is 101 cm³/mol. The van der Waals surface area contributed by atoms with Crippen LogP contribution >= 0.6 is 0 Å². The standard InChI is InChI=1S/C22H18O5/c1-25-16-10-19(26-2)17-12-18(22(24)27-20(17)11-16)21(23)15-8-7-13-5-3-4-6-14(13)9-15/h3-11,18H,12H2,1-2H3. The van der Waals surface area contributed by atoms with Gasteiger partial charge < -0.3 is 14.2 Å². The van der Waals surface area contributed by atoms with E-state index in [0.29, 0.717) is 28.4 Å². The van der Waals surface area contributed by atoms with Gasteiger partial charge in [-0.25, -0.2) is 0 Å². The summed E-state index contributed by atoms with van der Waals surface area (Å²) >= 11 is 0. The van der Waals surface area contributed by atoms with E-state index in [2.05, 4.69) is 0 Å². The SMILES string of the molecule is COc1cc(OC)c2c(c1)OC(=O)C(C(=O)c1ccc3ccccc3c1)C2. The van der Waals surface area contributed by atoms with Crippen LogP contribution in [-0.4, -0.2) is 26.0 Å². The molecule has 0 aromatic heterocycles. The third-order valence-electron chi connectivity index (χ3n) is 4.85. The zero-order valence-corrected chi connectivity index (χ0v) is 15.0. The van der Waals surface area contributed by atoms with E-state index in [1.54, 1.807) is 18.2 Å². The lowest BCUT2D eigenvalue weighted by Crippen LogP contribution is -2.34. The quantitative estimate of drug-likeness (QED) is 0.306. The second-order valence-corrected chi connectivity index (χ2v) is 6.41. The molecule has 1 aliphatic rings. The molecule has 1 unspecified atom stereocenters. The molecule has 0 fully saturated rings. The van der Waals surface area contributed by atoms with Crippen molar-refractivity contribution in [2.45, 2.75) is 6.42 Å². The Balaban J connectivity index is 1.70. The highest BCUT2D eigenvalue weighted by Crippen LogP contribution is 2.39. The van der Waals surface area contributed by atoms with Gasteiger partial charge in [0.25, 0.3) is 0 Å². The molecule has 1 atom stereocenters. The number of Topliss-reactive ketones (excluding diaryl/α,β-unsaturated/α-hetero) is 1. The number of methoxy groups -OCH3 is 2. The molecule has 5 heteroatoms. The number of esters is 1. The summed E-state index contributed by atoms with van der Waals surface area (Å²) in [7, 11) is 3.06. The van der Waals surface area contributed by atoms with Gasteiger partial charge in [0.05, 0.1) is 14.2 Å². The topological polar surface area (TPSA) is 61.8 Å². The number of benzene rings is 3. The van der Waals surface area contributed by atoms with Crippen LogP contribution in [0.1, 0.15) is 15.9 Å². The number of fused-ring (bicyclic) bond motifs is 2. The molecule has 3 aromatic carbocycles. The van der Waals surface area contributed by atoms with E-state index < -0.39 is 11.9 Å². The van der Waals surface area contributed by atoms with Crippen LogP contribution in [0.2, 0.25) is 0 Å². The first kappa shape index (κ1) is 17.1. The van der Waals surface area contributed by atoms with Gasteiger partial charge >= 0.3 is 5.97 Å². The lowest BCUT2D eigenvalue weighted by atomic mass is 9.88. The van der Waals surface area contributed by atoms with Crippen molar-refractivity contribution in [1.29, 1.82) is 0 Å². The van der Waals surface area contributed by atoms with Crippen molar-refractivity contribution < 1.29 is 23.8 Å². The summed E-state index contributed by atoms with van der Waals surface area (Å²) in [5, 5.41) is 2.00. The molecule has 4 rings (SSSR count). The van der Waals surface area contributed by atoms with Gasteiger partial charge in [-0.15, -0.1) is 0 Å². The minimum Gasteiger partial charge on any atom is -0.496 e. The van der Waals surface area contributed by atoms with Gasteiger partial charge in [0.2, 0.25) is 0 Å². The van der Waals surface area contributed by atoms with E-state index in [-0.39, 0.29) is 12.2 Å². The van der Waals surface area contributed by atoms with Gasteiger partial charge in [0, 0.05) is 29.7 Å². The summed E-state index contributed by atoms with van der Waals surface area (Å²) in [6.45, 7) is 0. The highest BCUT2D eigenvalue weighted by molar-refractivity contribution is 6.11. The van der Waals surface area contributed by atoms with Crippen molar-refractivity contribution in [2.75, 3.05) is 14.2 Å². The molecule has 1 aliphatic heterocycles. The fraction of sp³-hybridized carbons (Fsp3) is 0.182. The maximum Gasteiger partial charge on any atom is 0.322 e. The third-order valence-corrected chi connectivity index (χ3v) is 4.85. The zero-order valence-electron chi connectivity index (χ0n) is 15.0. The van der Waals surface area contributed by atoms with Crippen molar-refractivity contribution in [1.82, 2.24) is 0 Å². The Morgan fingerprint density at radius 1 is 1.00 bits per heavy atom. The average molecular weight is 362 g/mol. The molecular weight excluding hydrogens is 344 g/mol. The van der Waals surface area contributed by atoms with E-state index in [1.165, 1.54) is 14.2 Å². The van der Waals surface area contributed by atoms with Crippen LogP contribution in [0.5, 0.6) is 17.2 Å². The van der Waals surface area contributed by atoms with E-state index in [4.69, 9.17) is 14.2 Å². The molecule has 0 aliphatic carbocycles. The van der Waals surface area contributed by atoms with E-state index >= 15 is 0 Å². The summed E-state index contributed by atoms with van der Waals surface area (Å²) in [6.07, 6.45) is 0.229. The van der Waals surface area contributed by atoms with Crippen molar-refractivity contribution in [3.8, 4) is 17.2 Å². The molecule has 0 N–H and O–H groups in total. The second kappa shape index (κ2) is 6.76. The van der Waals surface area contributed by atoms with Crippen molar-refractivity contribution >= 4 is 22.5 Å². The van der Waals surface area contributed by atoms with Crippen LogP contribution in [0.25, 0.3) is 10.8 Å². The Hall–Kier alpha value is -3.34. The van der Waals surface area contributed by atoms with Crippen molar-refractivity contribution in [3.05, 3.63) is 65.7 Å². The monoisotopic (exact) mass is 362 g/mol. The fourth-order valence-electron chi connectivity index (χ4n) is 3.40. The molecule has 0 radical (unpaired) electrons. The van der Waals surface area contributed by atoms with Crippen LogP contribution in [-0.2, 0) is 11.2 Å².